The Balaban J connectivity index is -0.000000320. The number of carbonyl (C=O) groups excluding carboxylic acids is 1. The molecule has 0 aliphatic carbocycles. The van der Waals surface area contributed by atoms with Gasteiger partial charge < -0.3 is 6.22 Å². The van der Waals surface area contributed by atoms with E-state index in [1.807, 2.05) is 0 Å². The average Bonchev–Trinajstić information content (AvgIpc) is 1.63. The van der Waals surface area contributed by atoms with E-state index in [2.05, 4.69) is 0 Å². The van der Waals surface area contributed by atoms with Crippen LogP contribution in [-0.2, 0) is 4.79 Å². The van der Waals surface area contributed by atoms with E-state index < -0.39 is 25.4 Å². The van der Waals surface area contributed by atoms with Crippen LogP contribution in [0.25, 0.3) is 0 Å². The molecule has 1 unspecified atom stereocenters. The van der Waals surface area contributed by atoms with Crippen molar-refractivity contribution in [1.82, 2.24) is 0 Å². The predicted octanol–water partition coefficient (Wildman–Crippen LogP) is -1.31. The van der Waals surface area contributed by atoms with Crippen molar-refractivity contribution >= 4 is 6.29 Å². The first kappa shape index (κ1) is 12.7. The third kappa shape index (κ3) is 8.06. The first-order valence-electron chi connectivity index (χ1n) is 2.52. The molecule has 0 N–H and O–H groups in total. The minimum absolute atomic E-state index is 0. The van der Waals surface area contributed by atoms with E-state index in [9.17, 15) is 18.0 Å². The zero-order valence-electron chi connectivity index (χ0n) is 6.69. The number of hydrogen-bond acceptors (Lipinski definition) is 1. The van der Waals surface area contributed by atoms with Gasteiger partial charge in [-0.05, 0) is 0 Å². The van der Waals surface area contributed by atoms with Crippen LogP contribution in [0.2, 0.25) is 0 Å². The minimum Gasteiger partial charge on any atom is -1.00 e. The number of alkyl halides is 3. The van der Waals surface area contributed by atoms with Crippen molar-refractivity contribution < 1.29 is 38.3 Å². The smallest absolute Gasteiger partial charge is 1.00 e. The maximum absolute atomic E-state index is 11.9. The molecule has 0 saturated heterocycles. The van der Waals surface area contributed by atoms with Crippen molar-refractivity contribution in [1.29, 1.82) is 0 Å². The Morgan fingerprint density at radius 3 is 2.20 bits per heavy atom. The molecule has 0 aliphatic rings. The fraction of sp³-hybridized carbons (Fsp3) is 0.800. The fourth-order valence-corrected chi connectivity index (χ4v) is 0.394. The Morgan fingerprint density at radius 1 is 1.40 bits per heavy atom. The summed E-state index contributed by atoms with van der Waals surface area (Å²) in [4.78, 5) is 9.51. The third-order valence-electron chi connectivity index (χ3n) is 0.786. The topological polar surface area (TPSA) is 17.1 Å². The number of carbonyl (C=O) groups is 1. The molecule has 0 aromatic carbocycles. The molecule has 0 radical (unpaired) electrons. The Kier molecular flexibility index (Phi) is 9.11. The van der Waals surface area contributed by atoms with Crippen molar-refractivity contribution in [2.24, 2.45) is 0 Å². The fourth-order valence-electron chi connectivity index (χ4n) is 0.394. The Morgan fingerprint density at radius 2 is 1.90 bits per heavy atom. The molecule has 0 bridgehead atoms. The molecule has 0 fully saturated rings. The van der Waals surface area contributed by atoms with Gasteiger partial charge >= 0.3 is 18.9 Å². The standard InChI is InChI=1S/C5H7F3O.Li.H/c6-4(1-2-9)3-5(7)8;;/h2,4-5H,1,3H2;;/q;+1;-1. The molecule has 5 heteroatoms. The second-order valence-electron chi connectivity index (χ2n) is 1.63. The molecule has 10 heavy (non-hydrogen) atoms. The van der Waals surface area contributed by atoms with Gasteiger partial charge in [-0.2, -0.15) is 0 Å². The molecule has 1 atom stereocenters. The van der Waals surface area contributed by atoms with Gasteiger partial charge in [0.2, 0.25) is 6.43 Å². The number of hydrogen-bond donors (Lipinski definition) is 0. The van der Waals surface area contributed by atoms with E-state index in [0.29, 0.717) is 6.29 Å². The maximum Gasteiger partial charge on any atom is 1.00 e. The predicted molar refractivity (Wildman–Crippen MR) is 27.3 cm³/mol. The first-order valence-corrected chi connectivity index (χ1v) is 2.52. The molecule has 0 aromatic rings. The van der Waals surface area contributed by atoms with Gasteiger partial charge in [0.05, 0.1) is 0 Å². The quantitative estimate of drug-likeness (QED) is 0.357. The summed E-state index contributed by atoms with van der Waals surface area (Å²) >= 11 is 0. The summed E-state index contributed by atoms with van der Waals surface area (Å²) in [5.41, 5.74) is 0. The molecule has 0 saturated carbocycles. The second kappa shape index (κ2) is 7.17. The van der Waals surface area contributed by atoms with Crippen LogP contribution in [0, 0.1) is 0 Å². The first-order chi connectivity index (χ1) is 4.16. The summed E-state index contributed by atoms with van der Waals surface area (Å²) in [6.45, 7) is 0. The molecular formula is C5H8F3LiO. The molecule has 56 valence electrons. The van der Waals surface area contributed by atoms with Crippen LogP contribution in [-0.4, -0.2) is 18.9 Å². The molecule has 0 rings (SSSR count). The van der Waals surface area contributed by atoms with Gasteiger partial charge in [0.25, 0.3) is 0 Å². The van der Waals surface area contributed by atoms with E-state index in [4.69, 9.17) is 0 Å². The van der Waals surface area contributed by atoms with Crippen LogP contribution in [0.15, 0.2) is 0 Å². The molecule has 0 amide bonds. The molecule has 0 heterocycles. The van der Waals surface area contributed by atoms with E-state index in [0.717, 1.165) is 0 Å². The summed E-state index contributed by atoms with van der Waals surface area (Å²) < 4.78 is 34.4. The van der Waals surface area contributed by atoms with Crippen molar-refractivity contribution in [3.05, 3.63) is 0 Å². The second-order valence-corrected chi connectivity index (χ2v) is 1.63. The normalized spacial score (nSPS) is 12.4. The molecule has 0 aromatic heterocycles. The Bertz CT molecular complexity index is 93.8. The van der Waals surface area contributed by atoms with Gasteiger partial charge in [-0.25, -0.2) is 13.2 Å². The summed E-state index contributed by atoms with van der Waals surface area (Å²) in [6.07, 6.45) is -5.29. The van der Waals surface area contributed by atoms with Crippen LogP contribution >= 0.6 is 0 Å². The van der Waals surface area contributed by atoms with Gasteiger partial charge in [0.15, 0.2) is 0 Å². The maximum atomic E-state index is 11.9. The van der Waals surface area contributed by atoms with Gasteiger partial charge in [-0.3, -0.25) is 0 Å². The number of halogens is 3. The van der Waals surface area contributed by atoms with Crippen LogP contribution in [0.1, 0.15) is 14.3 Å². The monoisotopic (exact) mass is 148 g/mol. The van der Waals surface area contributed by atoms with Gasteiger partial charge in [0, 0.05) is 12.8 Å². The van der Waals surface area contributed by atoms with Crippen LogP contribution < -0.4 is 18.9 Å². The van der Waals surface area contributed by atoms with Gasteiger partial charge in [0.1, 0.15) is 12.5 Å². The molecular weight excluding hydrogens is 140 g/mol. The SMILES string of the molecule is O=CCC(F)CC(F)F.[H-].[Li+]. The van der Waals surface area contributed by atoms with Crippen LogP contribution in [0.4, 0.5) is 13.2 Å². The van der Waals surface area contributed by atoms with Crippen molar-refractivity contribution in [3.63, 3.8) is 0 Å². The Labute approximate surface area is 70.6 Å². The van der Waals surface area contributed by atoms with E-state index >= 15 is 0 Å². The van der Waals surface area contributed by atoms with Crippen LogP contribution in [0.5, 0.6) is 0 Å². The largest absolute Gasteiger partial charge is 1.00 e. The van der Waals surface area contributed by atoms with Crippen molar-refractivity contribution in [2.75, 3.05) is 0 Å². The zero-order valence-corrected chi connectivity index (χ0v) is 5.69. The minimum atomic E-state index is -2.65. The third-order valence-corrected chi connectivity index (χ3v) is 0.786. The molecule has 0 aliphatic heterocycles. The van der Waals surface area contributed by atoms with Gasteiger partial charge in [-0.15, -0.1) is 0 Å². The summed E-state index contributed by atoms with van der Waals surface area (Å²) in [6, 6.07) is 0. The molecule has 0 spiro atoms. The van der Waals surface area contributed by atoms with Gasteiger partial charge in [-0.1, -0.05) is 0 Å². The zero-order chi connectivity index (χ0) is 7.28. The summed E-state index contributed by atoms with van der Waals surface area (Å²) in [5, 5.41) is 0. The average molecular weight is 148 g/mol. The summed E-state index contributed by atoms with van der Waals surface area (Å²) in [5.74, 6) is 0. The molecule has 1 nitrogen and oxygen atoms in total. The van der Waals surface area contributed by atoms with Crippen LogP contribution in [0.3, 0.4) is 0 Å². The van der Waals surface area contributed by atoms with Crippen molar-refractivity contribution in [3.8, 4) is 0 Å². The summed E-state index contributed by atoms with van der Waals surface area (Å²) in [7, 11) is 0. The Hall–Kier alpha value is 0.0574. The van der Waals surface area contributed by atoms with E-state index in [-0.39, 0.29) is 20.3 Å². The van der Waals surface area contributed by atoms with E-state index in [1.165, 1.54) is 0 Å². The van der Waals surface area contributed by atoms with E-state index in [1.54, 1.807) is 0 Å². The number of aldehydes is 1. The number of rotatable bonds is 4. The van der Waals surface area contributed by atoms with Crippen molar-refractivity contribution in [2.45, 2.75) is 25.4 Å².